The third-order valence-electron chi connectivity index (χ3n) is 5.85. The minimum atomic E-state index is 0.484. The summed E-state index contributed by atoms with van der Waals surface area (Å²) in [5, 5.41) is 12.5. The number of pyridine rings is 2. The molecule has 5 rings (SSSR count). The number of hydrazone groups is 1. The predicted octanol–water partition coefficient (Wildman–Crippen LogP) is 5.49. The van der Waals surface area contributed by atoms with Crippen molar-refractivity contribution < 1.29 is 9.53 Å². The summed E-state index contributed by atoms with van der Waals surface area (Å²) in [6.45, 7) is 2.52. The minimum absolute atomic E-state index is 0.484. The molecule has 0 saturated heterocycles. The standard InChI is InChI=1S/C25H23IN7O2P/c1-16-5-4-6-17(30-16)14-31(2)28-12-20-19-8-7-18(11-23(19)32(3)24(20)15-34)35-25-21-13-29-33(36-26)22(21)9-10-27-25/h4-13,15,36H,14H2,1-3H3/b28-12-. The molecule has 0 aliphatic rings. The van der Waals surface area contributed by atoms with Crippen molar-refractivity contribution in [2.75, 3.05) is 7.05 Å². The predicted molar refractivity (Wildman–Crippen MR) is 152 cm³/mol. The van der Waals surface area contributed by atoms with Gasteiger partial charge in [0, 0.05) is 43.0 Å². The van der Waals surface area contributed by atoms with Gasteiger partial charge in [-0.3, -0.25) is 14.8 Å². The average molecular weight is 611 g/mol. The SMILES string of the molecule is Cc1cccc(CN(C)/N=C\c2c(C=O)n(C)c3cc(Oc4nccc5c4cnn5PI)ccc23)n1. The average Bonchev–Trinajstić information content (AvgIpc) is 3.41. The molecule has 11 heteroatoms. The van der Waals surface area contributed by atoms with Crippen LogP contribution in [0.25, 0.3) is 21.8 Å². The molecule has 36 heavy (non-hydrogen) atoms. The monoisotopic (exact) mass is 611 g/mol. The lowest BCUT2D eigenvalue weighted by atomic mass is 10.1. The van der Waals surface area contributed by atoms with E-state index in [-0.39, 0.29) is 0 Å². The largest absolute Gasteiger partial charge is 0.438 e. The molecule has 9 nitrogen and oxygen atoms in total. The molecular formula is C25H23IN7O2P. The molecule has 0 aliphatic carbocycles. The minimum Gasteiger partial charge on any atom is -0.438 e. The molecule has 4 heterocycles. The van der Waals surface area contributed by atoms with Crippen LogP contribution in [0.2, 0.25) is 0 Å². The Balaban J connectivity index is 1.45. The number of nitrogens with zero attached hydrogens (tertiary/aromatic N) is 7. The van der Waals surface area contributed by atoms with E-state index in [0.717, 1.165) is 45.0 Å². The zero-order chi connectivity index (χ0) is 25.2. The second-order valence-corrected chi connectivity index (χ2v) is 10.3. The van der Waals surface area contributed by atoms with Crippen LogP contribution in [0.1, 0.15) is 27.4 Å². The molecule has 182 valence electrons. The van der Waals surface area contributed by atoms with E-state index < -0.39 is 0 Å². The van der Waals surface area contributed by atoms with Crippen LogP contribution in [0.5, 0.6) is 11.6 Å². The quantitative estimate of drug-likeness (QED) is 0.0759. The Morgan fingerprint density at radius 3 is 2.83 bits per heavy atom. The first-order valence-electron chi connectivity index (χ1n) is 11.1. The Hall–Kier alpha value is -3.37. The van der Waals surface area contributed by atoms with Gasteiger partial charge in [-0.2, -0.15) is 10.2 Å². The lowest BCUT2D eigenvalue weighted by molar-refractivity contribution is 0.111. The summed E-state index contributed by atoms with van der Waals surface area (Å²) in [6.07, 6.45) is 6.55. The van der Waals surface area contributed by atoms with Gasteiger partial charge < -0.3 is 9.30 Å². The van der Waals surface area contributed by atoms with Gasteiger partial charge in [-0.05, 0) is 59.3 Å². The summed E-state index contributed by atoms with van der Waals surface area (Å²) < 4.78 is 9.92. The zero-order valence-electron chi connectivity index (χ0n) is 19.9. The summed E-state index contributed by atoms with van der Waals surface area (Å²) in [5.74, 6) is 1.11. The Labute approximate surface area is 222 Å². The second kappa shape index (κ2) is 10.3. The smallest absolute Gasteiger partial charge is 0.230 e. The number of aryl methyl sites for hydroxylation is 2. The van der Waals surface area contributed by atoms with E-state index >= 15 is 0 Å². The van der Waals surface area contributed by atoms with Crippen LogP contribution in [0.4, 0.5) is 0 Å². The van der Waals surface area contributed by atoms with Gasteiger partial charge >= 0.3 is 0 Å². The fourth-order valence-electron chi connectivity index (χ4n) is 4.11. The number of aromatic nitrogens is 5. The fraction of sp³-hybridized carbons (Fsp3) is 0.160. The van der Waals surface area contributed by atoms with E-state index in [1.807, 2.05) is 72.5 Å². The first-order valence-corrected chi connectivity index (χ1v) is 15.2. The molecule has 5 aromatic rings. The fourth-order valence-corrected chi connectivity index (χ4v) is 5.66. The summed E-state index contributed by atoms with van der Waals surface area (Å²) in [4.78, 5) is 20.9. The number of carbonyl (C=O) groups excluding carboxylic acids is 1. The van der Waals surface area contributed by atoms with Crippen molar-refractivity contribution in [2.45, 2.75) is 13.5 Å². The first kappa shape index (κ1) is 24.3. The maximum absolute atomic E-state index is 12.0. The van der Waals surface area contributed by atoms with Crippen molar-refractivity contribution in [1.82, 2.24) is 29.1 Å². The highest BCUT2D eigenvalue weighted by atomic mass is 127. The summed E-state index contributed by atoms with van der Waals surface area (Å²) in [7, 11) is 3.74. The summed E-state index contributed by atoms with van der Waals surface area (Å²) in [6, 6.07) is 13.6. The Bertz CT molecular complexity index is 1610. The van der Waals surface area contributed by atoms with E-state index in [1.165, 1.54) is 0 Å². The second-order valence-electron chi connectivity index (χ2n) is 8.28. The van der Waals surface area contributed by atoms with Crippen molar-refractivity contribution >= 4 is 62.7 Å². The Kier molecular flexibility index (Phi) is 6.97. The molecule has 0 radical (unpaired) electrons. The Morgan fingerprint density at radius 2 is 2.06 bits per heavy atom. The topological polar surface area (TPSA) is 90.4 Å². The number of hydrogen-bond acceptors (Lipinski definition) is 7. The molecular weight excluding hydrogens is 588 g/mol. The molecule has 0 fully saturated rings. The van der Waals surface area contributed by atoms with Crippen LogP contribution in [0, 0.1) is 6.92 Å². The number of ether oxygens (including phenoxy) is 1. The molecule has 0 bridgehead atoms. The highest BCUT2D eigenvalue weighted by molar-refractivity contribution is 14.2. The number of aldehydes is 1. The molecule has 4 aromatic heterocycles. The van der Waals surface area contributed by atoms with Crippen molar-refractivity contribution in [2.24, 2.45) is 12.1 Å². The van der Waals surface area contributed by atoms with Gasteiger partial charge in [-0.15, -0.1) is 0 Å². The van der Waals surface area contributed by atoms with Gasteiger partial charge in [0.25, 0.3) is 0 Å². The molecule has 0 saturated carbocycles. The third kappa shape index (κ3) is 4.70. The van der Waals surface area contributed by atoms with Crippen LogP contribution in [-0.4, -0.2) is 48.6 Å². The van der Waals surface area contributed by atoms with E-state index in [1.54, 1.807) is 23.6 Å². The van der Waals surface area contributed by atoms with Gasteiger partial charge in [0.1, 0.15) is 5.75 Å². The lowest BCUT2D eigenvalue weighted by Gasteiger charge is -2.12. The molecule has 0 N–H and O–H groups in total. The molecule has 1 atom stereocenters. The van der Waals surface area contributed by atoms with E-state index in [2.05, 4.69) is 42.2 Å². The first-order chi connectivity index (χ1) is 17.5. The van der Waals surface area contributed by atoms with Crippen LogP contribution in [0.3, 0.4) is 0 Å². The van der Waals surface area contributed by atoms with Crippen LogP contribution >= 0.6 is 28.4 Å². The van der Waals surface area contributed by atoms with Gasteiger partial charge in [0.05, 0.1) is 53.1 Å². The van der Waals surface area contributed by atoms with Crippen molar-refractivity contribution in [3.8, 4) is 11.6 Å². The zero-order valence-corrected chi connectivity index (χ0v) is 23.0. The number of benzene rings is 1. The van der Waals surface area contributed by atoms with Crippen LogP contribution < -0.4 is 4.74 Å². The molecule has 0 aliphatic heterocycles. The molecule has 1 aromatic carbocycles. The number of hydrogen-bond donors (Lipinski definition) is 0. The highest BCUT2D eigenvalue weighted by Gasteiger charge is 2.16. The van der Waals surface area contributed by atoms with Crippen molar-refractivity contribution in [1.29, 1.82) is 0 Å². The molecule has 0 amide bonds. The number of halogens is 1. The van der Waals surface area contributed by atoms with Gasteiger partial charge in [0.15, 0.2) is 6.29 Å². The Morgan fingerprint density at radius 1 is 1.19 bits per heavy atom. The van der Waals surface area contributed by atoms with Gasteiger partial charge in [-0.25, -0.2) is 9.44 Å². The summed E-state index contributed by atoms with van der Waals surface area (Å²) >= 11 is 2.29. The van der Waals surface area contributed by atoms with E-state index in [0.29, 0.717) is 30.2 Å². The number of rotatable bonds is 8. The lowest BCUT2D eigenvalue weighted by Crippen LogP contribution is -2.12. The van der Waals surface area contributed by atoms with Gasteiger partial charge in [-0.1, -0.05) is 6.07 Å². The van der Waals surface area contributed by atoms with Crippen LogP contribution in [-0.2, 0) is 13.6 Å². The number of fused-ring (bicyclic) bond motifs is 2. The molecule has 0 spiro atoms. The van der Waals surface area contributed by atoms with Gasteiger partial charge in [0.2, 0.25) is 5.88 Å². The number of carbonyl (C=O) groups is 1. The van der Waals surface area contributed by atoms with Crippen LogP contribution in [0.15, 0.2) is 60.0 Å². The maximum atomic E-state index is 12.0. The molecule has 1 unspecified atom stereocenters. The third-order valence-corrected chi connectivity index (χ3v) is 7.73. The van der Waals surface area contributed by atoms with E-state index in [9.17, 15) is 4.79 Å². The maximum Gasteiger partial charge on any atom is 0.230 e. The summed E-state index contributed by atoms with van der Waals surface area (Å²) in [5.41, 5.74) is 5.01. The van der Waals surface area contributed by atoms with Crippen molar-refractivity contribution in [3.63, 3.8) is 0 Å². The normalized spacial score (nSPS) is 11.9. The highest BCUT2D eigenvalue weighted by Crippen LogP contribution is 2.34. The van der Waals surface area contributed by atoms with E-state index in [4.69, 9.17) is 4.74 Å². The van der Waals surface area contributed by atoms with Crippen molar-refractivity contribution in [3.05, 3.63) is 77.5 Å².